The number of hydrogen-bond acceptors (Lipinski definition) is 6. The van der Waals surface area contributed by atoms with Gasteiger partial charge in [0.1, 0.15) is 5.82 Å². The fourth-order valence-electron chi connectivity index (χ4n) is 1.94. The van der Waals surface area contributed by atoms with Crippen molar-refractivity contribution in [3.63, 3.8) is 0 Å². The fourth-order valence-corrected chi connectivity index (χ4v) is 2.14. The second-order valence-electron chi connectivity index (χ2n) is 4.74. The van der Waals surface area contributed by atoms with Crippen molar-refractivity contribution in [1.82, 2.24) is 20.0 Å². The molecule has 2 heterocycles. The van der Waals surface area contributed by atoms with Crippen LogP contribution in [0.4, 0.5) is 4.39 Å². The molecular weight excluding hydrogens is 339 g/mol. The second kappa shape index (κ2) is 6.79. The summed E-state index contributed by atoms with van der Waals surface area (Å²) in [6.45, 7) is 2.11. The van der Waals surface area contributed by atoms with Gasteiger partial charge >= 0.3 is 0 Å². The number of halogens is 2. The van der Waals surface area contributed by atoms with Crippen LogP contribution in [0, 0.1) is 5.82 Å². The van der Waals surface area contributed by atoms with Gasteiger partial charge in [-0.2, -0.15) is 5.10 Å². The van der Waals surface area contributed by atoms with Crippen molar-refractivity contribution in [2.45, 2.75) is 20.1 Å². The van der Waals surface area contributed by atoms with Gasteiger partial charge in [-0.15, -0.1) is 10.2 Å². The molecule has 0 unspecified atom stereocenters. The van der Waals surface area contributed by atoms with E-state index in [0.717, 1.165) is 0 Å². The van der Waals surface area contributed by atoms with Gasteiger partial charge in [-0.25, -0.2) is 9.07 Å². The Morgan fingerprint density at radius 2 is 2.04 bits per heavy atom. The molecule has 0 fully saturated rings. The van der Waals surface area contributed by atoms with Crippen LogP contribution in [-0.2, 0) is 13.2 Å². The van der Waals surface area contributed by atoms with Gasteiger partial charge in [0.2, 0.25) is 5.89 Å². The van der Waals surface area contributed by atoms with Crippen LogP contribution in [0.5, 0.6) is 5.75 Å². The number of aromatic nitrogens is 4. The molecule has 0 bridgehead atoms. The summed E-state index contributed by atoms with van der Waals surface area (Å²) in [4.78, 5) is 11.9. The molecule has 0 aliphatic rings. The first kappa shape index (κ1) is 16.1. The summed E-state index contributed by atoms with van der Waals surface area (Å²) in [5, 5.41) is 11.6. The maximum absolute atomic E-state index is 12.9. The minimum Gasteiger partial charge on any atom is -0.480 e. The Balaban J connectivity index is 1.73. The molecule has 0 N–H and O–H groups in total. The zero-order chi connectivity index (χ0) is 17.1. The van der Waals surface area contributed by atoms with Crippen LogP contribution >= 0.6 is 11.6 Å². The van der Waals surface area contributed by atoms with Crippen LogP contribution in [0.1, 0.15) is 12.8 Å². The smallest absolute Gasteiger partial charge is 0.289 e. The maximum Gasteiger partial charge on any atom is 0.289 e. The first-order valence-corrected chi connectivity index (χ1v) is 7.43. The van der Waals surface area contributed by atoms with Gasteiger partial charge in [0, 0.05) is 12.1 Å². The molecule has 3 aromatic rings. The average molecular weight is 351 g/mol. The molecule has 0 atom stereocenters. The van der Waals surface area contributed by atoms with E-state index in [4.69, 9.17) is 20.8 Å². The number of ether oxygens (including phenoxy) is 1. The van der Waals surface area contributed by atoms with Gasteiger partial charge in [-0.3, -0.25) is 4.79 Å². The molecule has 0 spiro atoms. The van der Waals surface area contributed by atoms with Crippen LogP contribution in [0.25, 0.3) is 11.5 Å². The van der Waals surface area contributed by atoms with Crippen LogP contribution < -0.4 is 10.3 Å². The molecule has 124 valence electrons. The van der Waals surface area contributed by atoms with Gasteiger partial charge in [0.25, 0.3) is 11.4 Å². The molecule has 3 rings (SSSR count). The highest BCUT2D eigenvalue weighted by Crippen LogP contribution is 2.21. The van der Waals surface area contributed by atoms with Gasteiger partial charge in [-0.1, -0.05) is 11.6 Å². The highest BCUT2D eigenvalue weighted by Gasteiger charge is 2.13. The first-order chi connectivity index (χ1) is 11.6. The predicted octanol–water partition coefficient (Wildman–Crippen LogP) is 2.68. The van der Waals surface area contributed by atoms with Gasteiger partial charge in [0.05, 0.1) is 6.20 Å². The molecule has 7 nitrogen and oxygen atoms in total. The lowest BCUT2D eigenvalue weighted by atomic mass is 10.2. The van der Waals surface area contributed by atoms with E-state index in [0.29, 0.717) is 12.1 Å². The average Bonchev–Trinajstić information content (AvgIpc) is 3.06. The third-order valence-electron chi connectivity index (χ3n) is 3.16. The summed E-state index contributed by atoms with van der Waals surface area (Å²) >= 11 is 5.96. The Hall–Kier alpha value is -2.74. The molecule has 0 saturated carbocycles. The summed E-state index contributed by atoms with van der Waals surface area (Å²) in [6, 6.07) is 5.64. The van der Waals surface area contributed by atoms with E-state index in [2.05, 4.69) is 15.3 Å². The van der Waals surface area contributed by atoms with Crippen LogP contribution in [0.3, 0.4) is 0 Å². The van der Waals surface area contributed by atoms with Crippen molar-refractivity contribution < 1.29 is 13.5 Å². The molecule has 24 heavy (non-hydrogen) atoms. The Bertz CT molecular complexity index is 908. The highest BCUT2D eigenvalue weighted by molar-refractivity contribution is 6.31. The minimum atomic E-state index is -0.436. The Morgan fingerprint density at radius 3 is 2.75 bits per heavy atom. The predicted molar refractivity (Wildman–Crippen MR) is 83.2 cm³/mol. The highest BCUT2D eigenvalue weighted by atomic mass is 35.5. The lowest BCUT2D eigenvalue weighted by molar-refractivity contribution is 0.262. The van der Waals surface area contributed by atoms with E-state index in [1.807, 2.05) is 0 Å². The number of rotatable bonds is 5. The summed E-state index contributed by atoms with van der Waals surface area (Å²) in [5.74, 6) is 0.197. The first-order valence-electron chi connectivity index (χ1n) is 7.05. The van der Waals surface area contributed by atoms with Crippen molar-refractivity contribution in [1.29, 1.82) is 0 Å². The van der Waals surface area contributed by atoms with Crippen molar-refractivity contribution >= 4 is 11.6 Å². The van der Waals surface area contributed by atoms with E-state index in [1.54, 1.807) is 6.92 Å². The number of benzene rings is 1. The molecule has 0 aliphatic carbocycles. The number of aryl methyl sites for hydroxylation is 1. The van der Waals surface area contributed by atoms with Crippen molar-refractivity contribution in [2.24, 2.45) is 0 Å². The summed E-state index contributed by atoms with van der Waals surface area (Å²) in [6.07, 6.45) is 1.35. The normalized spacial score (nSPS) is 10.8. The topological polar surface area (TPSA) is 83.0 Å². The maximum atomic E-state index is 12.9. The van der Waals surface area contributed by atoms with Crippen molar-refractivity contribution in [2.75, 3.05) is 0 Å². The number of nitrogens with zero attached hydrogens (tertiary/aromatic N) is 4. The second-order valence-corrected chi connectivity index (χ2v) is 5.12. The zero-order valence-corrected chi connectivity index (χ0v) is 13.3. The standard InChI is InChI=1S/C15H12ClFN4O3/c1-2-21-15(22)13(16)11(7-18-21)23-8-12-19-20-14(24-12)9-3-5-10(17)6-4-9/h3-7H,2,8H2,1H3. The fraction of sp³-hybridized carbons (Fsp3) is 0.200. The molecular formula is C15H12ClFN4O3. The zero-order valence-electron chi connectivity index (χ0n) is 12.6. The molecule has 0 radical (unpaired) electrons. The minimum absolute atomic E-state index is 0.0647. The Labute approximate surface area is 140 Å². The molecule has 9 heteroatoms. The largest absolute Gasteiger partial charge is 0.480 e. The third-order valence-corrected chi connectivity index (χ3v) is 3.51. The van der Waals surface area contributed by atoms with Gasteiger partial charge < -0.3 is 9.15 Å². The van der Waals surface area contributed by atoms with E-state index in [-0.39, 0.29) is 35.0 Å². The van der Waals surface area contributed by atoms with Gasteiger partial charge in [-0.05, 0) is 31.2 Å². The van der Waals surface area contributed by atoms with Gasteiger partial charge in [0.15, 0.2) is 17.4 Å². The summed E-state index contributed by atoms with van der Waals surface area (Å²) in [5.41, 5.74) is 0.148. The quantitative estimate of drug-likeness (QED) is 0.703. The molecule has 0 saturated heterocycles. The van der Waals surface area contributed by atoms with Crippen LogP contribution in [0.2, 0.25) is 5.02 Å². The molecule has 0 aliphatic heterocycles. The van der Waals surface area contributed by atoms with E-state index < -0.39 is 5.56 Å². The van der Waals surface area contributed by atoms with E-state index >= 15 is 0 Å². The lowest BCUT2D eigenvalue weighted by Gasteiger charge is -2.06. The van der Waals surface area contributed by atoms with E-state index in [9.17, 15) is 9.18 Å². The summed E-state index contributed by atoms with van der Waals surface area (Å²) in [7, 11) is 0. The lowest BCUT2D eigenvalue weighted by Crippen LogP contribution is -2.22. The van der Waals surface area contributed by atoms with Crippen LogP contribution in [0.15, 0.2) is 39.7 Å². The Kier molecular flexibility index (Phi) is 4.57. The monoisotopic (exact) mass is 350 g/mol. The molecule has 2 aromatic heterocycles. The summed E-state index contributed by atoms with van der Waals surface area (Å²) < 4.78 is 25.0. The van der Waals surface area contributed by atoms with Crippen LogP contribution in [-0.4, -0.2) is 20.0 Å². The Morgan fingerprint density at radius 1 is 1.29 bits per heavy atom. The van der Waals surface area contributed by atoms with E-state index in [1.165, 1.54) is 35.1 Å². The van der Waals surface area contributed by atoms with Crippen molar-refractivity contribution in [3.8, 4) is 17.2 Å². The number of hydrogen-bond donors (Lipinski definition) is 0. The SMILES string of the molecule is CCn1ncc(OCc2nnc(-c3ccc(F)cc3)o2)c(Cl)c1=O. The molecule has 1 aromatic carbocycles. The third kappa shape index (κ3) is 3.28. The van der Waals surface area contributed by atoms with Crippen molar-refractivity contribution in [3.05, 3.63) is 57.5 Å². The molecule has 0 amide bonds.